The van der Waals surface area contributed by atoms with Gasteiger partial charge in [-0.05, 0) is 54.5 Å². The fourth-order valence-corrected chi connectivity index (χ4v) is 3.92. The average molecular weight is 465 g/mol. The van der Waals surface area contributed by atoms with Crippen LogP contribution in [0.5, 0.6) is 28.7 Å². The van der Waals surface area contributed by atoms with Crippen LogP contribution in [0.2, 0.25) is 0 Å². The van der Waals surface area contributed by atoms with Gasteiger partial charge in [-0.3, -0.25) is 0 Å². The molecule has 0 aromatic heterocycles. The summed E-state index contributed by atoms with van der Waals surface area (Å²) in [5, 5.41) is 21.5. The maximum atomic E-state index is 10.8. The maximum Gasteiger partial charge on any atom is 0.203 e. The molecule has 176 valence electrons. The number of rotatable bonds is 13. The summed E-state index contributed by atoms with van der Waals surface area (Å²) in [7, 11) is 6.13. The van der Waals surface area contributed by atoms with Crippen molar-refractivity contribution in [1.29, 1.82) is 0 Å². The van der Waals surface area contributed by atoms with Crippen molar-refractivity contribution in [2.75, 3.05) is 41.3 Å². The number of ether oxygens (including phenoxy) is 5. The minimum absolute atomic E-state index is 0.325. The number of aliphatic hydroxyl groups is 2. The summed E-state index contributed by atoms with van der Waals surface area (Å²) in [6, 6.07) is 7.05. The minimum atomic E-state index is -0.824. The van der Waals surface area contributed by atoms with E-state index >= 15 is 0 Å². The molecule has 32 heavy (non-hydrogen) atoms. The van der Waals surface area contributed by atoms with Crippen LogP contribution in [0.3, 0.4) is 0 Å². The van der Waals surface area contributed by atoms with Crippen molar-refractivity contribution in [3.8, 4) is 28.7 Å². The lowest BCUT2D eigenvalue weighted by atomic mass is 9.98. The third kappa shape index (κ3) is 6.03. The van der Waals surface area contributed by atoms with E-state index < -0.39 is 12.2 Å². The Morgan fingerprint density at radius 3 is 1.69 bits per heavy atom. The van der Waals surface area contributed by atoms with Gasteiger partial charge in [-0.15, -0.1) is 11.8 Å². The molecule has 2 unspecified atom stereocenters. The number of hydrogen-bond acceptors (Lipinski definition) is 8. The van der Waals surface area contributed by atoms with Crippen molar-refractivity contribution in [2.24, 2.45) is 0 Å². The van der Waals surface area contributed by atoms with Gasteiger partial charge in [0.2, 0.25) is 5.75 Å². The molecule has 0 saturated carbocycles. The highest BCUT2D eigenvalue weighted by Gasteiger charge is 2.21. The summed E-state index contributed by atoms with van der Waals surface area (Å²) in [4.78, 5) is 0.852. The topological polar surface area (TPSA) is 86.6 Å². The van der Waals surface area contributed by atoms with E-state index in [4.69, 9.17) is 23.7 Å². The molecule has 0 bridgehead atoms. The molecule has 0 fully saturated rings. The number of hydrogen-bond donors (Lipinski definition) is 2. The van der Waals surface area contributed by atoms with Gasteiger partial charge < -0.3 is 33.9 Å². The highest BCUT2D eigenvalue weighted by molar-refractivity contribution is 7.98. The van der Waals surface area contributed by atoms with Crippen molar-refractivity contribution in [2.45, 2.75) is 29.9 Å². The maximum absolute atomic E-state index is 10.8. The molecule has 2 aromatic rings. The first-order valence-corrected chi connectivity index (χ1v) is 11.3. The number of methoxy groups -OCH3 is 4. The number of benzene rings is 2. The molecule has 2 aromatic carbocycles. The molecule has 0 aliphatic rings. The van der Waals surface area contributed by atoms with Crippen LogP contribution in [0, 0.1) is 0 Å². The molecular formula is C24H32O7S. The molecule has 0 radical (unpaired) electrons. The minimum Gasteiger partial charge on any atom is -0.493 e. The molecular weight excluding hydrogens is 432 g/mol. The quantitative estimate of drug-likeness (QED) is 0.330. The first kappa shape index (κ1) is 25.7. The van der Waals surface area contributed by atoms with Gasteiger partial charge in [0.15, 0.2) is 23.0 Å². The monoisotopic (exact) mass is 464 g/mol. The van der Waals surface area contributed by atoms with Crippen molar-refractivity contribution < 1.29 is 33.9 Å². The van der Waals surface area contributed by atoms with Crippen molar-refractivity contribution >= 4 is 11.8 Å². The summed E-state index contributed by atoms with van der Waals surface area (Å²) in [6.45, 7) is 4.02. The molecule has 2 N–H and O–H groups in total. The van der Waals surface area contributed by atoms with Crippen LogP contribution in [0.1, 0.15) is 36.2 Å². The largest absolute Gasteiger partial charge is 0.493 e. The lowest BCUT2D eigenvalue weighted by Gasteiger charge is -2.20. The normalized spacial score (nSPS) is 12.6. The van der Waals surface area contributed by atoms with E-state index in [1.54, 1.807) is 31.4 Å². The van der Waals surface area contributed by atoms with Gasteiger partial charge in [0.25, 0.3) is 0 Å². The standard InChI is InChI=1S/C24H32O7S/c1-7-10-31-24-21(29-4)13-16(14-22(24)32-6)18(26)9-8-17(25)15-11-19(27-2)23(30-5)20(12-15)28-3/h7,11-14,17-18,25-26H,1,8-10H2,2-6H3. The highest BCUT2D eigenvalue weighted by atomic mass is 32.2. The zero-order valence-electron chi connectivity index (χ0n) is 19.2. The van der Waals surface area contributed by atoms with E-state index in [9.17, 15) is 10.2 Å². The summed E-state index contributed by atoms with van der Waals surface area (Å²) >= 11 is 1.50. The molecule has 0 saturated heterocycles. The zero-order chi connectivity index (χ0) is 23.7. The molecule has 2 rings (SSSR count). The Bertz CT molecular complexity index is 850. The predicted octanol–water partition coefficient (Wildman–Crippen LogP) is 4.55. The number of thioether (sulfide) groups is 1. The van der Waals surface area contributed by atoms with Crippen LogP contribution in [0.4, 0.5) is 0 Å². The predicted molar refractivity (Wildman–Crippen MR) is 126 cm³/mol. The Balaban J connectivity index is 2.20. The first-order chi connectivity index (χ1) is 15.4. The van der Waals surface area contributed by atoms with Gasteiger partial charge in [0.05, 0.1) is 45.5 Å². The number of aliphatic hydroxyl groups excluding tert-OH is 2. The fourth-order valence-electron chi connectivity index (χ4n) is 3.32. The van der Waals surface area contributed by atoms with Gasteiger partial charge in [-0.25, -0.2) is 0 Å². The van der Waals surface area contributed by atoms with E-state index in [1.807, 2.05) is 12.3 Å². The average Bonchev–Trinajstić information content (AvgIpc) is 2.83. The van der Waals surface area contributed by atoms with Crippen LogP contribution in [-0.2, 0) is 0 Å². The fraction of sp³-hybridized carbons (Fsp3) is 0.417. The van der Waals surface area contributed by atoms with E-state index in [2.05, 4.69) is 6.58 Å². The molecule has 0 amide bonds. The molecule has 0 aliphatic heterocycles. The highest BCUT2D eigenvalue weighted by Crippen LogP contribution is 2.42. The van der Waals surface area contributed by atoms with Gasteiger partial charge in [-0.2, -0.15) is 0 Å². The summed E-state index contributed by atoms with van der Waals surface area (Å²) in [6.07, 6.45) is 2.64. The molecule has 7 nitrogen and oxygen atoms in total. The van der Waals surface area contributed by atoms with Crippen LogP contribution in [-0.4, -0.2) is 51.5 Å². The van der Waals surface area contributed by atoms with Gasteiger partial charge in [-0.1, -0.05) is 12.7 Å². The van der Waals surface area contributed by atoms with E-state index in [0.29, 0.717) is 59.3 Å². The van der Waals surface area contributed by atoms with Crippen LogP contribution < -0.4 is 23.7 Å². The lowest BCUT2D eigenvalue weighted by molar-refractivity contribution is 0.114. The second kappa shape index (κ2) is 12.5. The molecule has 0 aliphatic carbocycles. The summed E-state index contributed by atoms with van der Waals surface area (Å²) in [5.74, 6) is 2.55. The van der Waals surface area contributed by atoms with E-state index in [1.165, 1.54) is 33.1 Å². The third-order valence-corrected chi connectivity index (χ3v) is 5.74. The van der Waals surface area contributed by atoms with Gasteiger partial charge >= 0.3 is 0 Å². The Morgan fingerprint density at radius 2 is 1.28 bits per heavy atom. The Hall–Kier alpha value is -2.55. The molecule has 0 spiro atoms. The van der Waals surface area contributed by atoms with Crippen molar-refractivity contribution in [1.82, 2.24) is 0 Å². The first-order valence-electron chi connectivity index (χ1n) is 10.1. The molecule has 2 atom stereocenters. The van der Waals surface area contributed by atoms with Gasteiger partial charge in [0, 0.05) is 0 Å². The van der Waals surface area contributed by atoms with Gasteiger partial charge in [0.1, 0.15) is 6.61 Å². The molecule has 8 heteroatoms. The van der Waals surface area contributed by atoms with Crippen LogP contribution >= 0.6 is 11.8 Å². The van der Waals surface area contributed by atoms with Crippen LogP contribution in [0.25, 0.3) is 0 Å². The Labute approximate surface area is 193 Å². The molecule has 0 heterocycles. The second-order valence-corrected chi connectivity index (χ2v) is 7.77. The SMILES string of the molecule is C=CCOc1c(OC)cc(C(O)CCC(O)c2cc(OC)c(OC)c(OC)c2)cc1SC. The smallest absolute Gasteiger partial charge is 0.203 e. The van der Waals surface area contributed by atoms with Crippen molar-refractivity contribution in [3.05, 3.63) is 48.0 Å². The Kier molecular flexibility index (Phi) is 10.0. The van der Waals surface area contributed by atoms with E-state index in [0.717, 1.165) is 4.90 Å². The lowest BCUT2D eigenvalue weighted by Crippen LogP contribution is -2.06. The summed E-state index contributed by atoms with van der Waals surface area (Å²) < 4.78 is 27.2. The van der Waals surface area contributed by atoms with Crippen LogP contribution in [0.15, 0.2) is 41.8 Å². The van der Waals surface area contributed by atoms with Crippen molar-refractivity contribution in [3.63, 3.8) is 0 Å². The zero-order valence-corrected chi connectivity index (χ0v) is 20.0. The van der Waals surface area contributed by atoms with E-state index in [-0.39, 0.29) is 0 Å². The third-order valence-electron chi connectivity index (χ3n) is 5.00. The summed E-state index contributed by atoms with van der Waals surface area (Å²) in [5.41, 5.74) is 1.30. The Morgan fingerprint density at radius 1 is 0.812 bits per heavy atom. The second-order valence-electron chi connectivity index (χ2n) is 6.92.